The van der Waals surface area contributed by atoms with E-state index in [2.05, 4.69) is 32.8 Å². The van der Waals surface area contributed by atoms with E-state index >= 15 is 0 Å². The highest BCUT2D eigenvalue weighted by Crippen LogP contribution is 2.18. The molecule has 140 valence electrons. The van der Waals surface area contributed by atoms with Crippen LogP contribution in [0.5, 0.6) is 0 Å². The summed E-state index contributed by atoms with van der Waals surface area (Å²) in [5.41, 5.74) is 4.17. The van der Waals surface area contributed by atoms with Crippen LogP contribution in [-0.4, -0.2) is 27.1 Å². The minimum absolute atomic E-state index is 0.00160. The van der Waals surface area contributed by atoms with Gasteiger partial charge in [-0.05, 0) is 50.5 Å². The zero-order valence-corrected chi connectivity index (χ0v) is 17.0. The van der Waals surface area contributed by atoms with Crippen LogP contribution in [0.25, 0.3) is 6.08 Å². The van der Waals surface area contributed by atoms with Gasteiger partial charge in [0.25, 0.3) is 0 Å². The molecule has 1 heterocycles. The lowest BCUT2D eigenvalue weighted by Gasteiger charge is -2.23. The zero-order chi connectivity index (χ0) is 19.3. The van der Waals surface area contributed by atoms with Crippen molar-refractivity contribution in [2.24, 2.45) is 5.92 Å². The SMILES string of the molecule is CCn1nc(C)c(CN(CC(C)C)C(=O)C=Cc2cccc(Cl)c2)c1C. The second kappa shape index (κ2) is 9.04. The monoisotopic (exact) mass is 373 g/mol. The molecule has 2 aromatic rings. The predicted octanol–water partition coefficient (Wildman–Crippen LogP) is 4.87. The summed E-state index contributed by atoms with van der Waals surface area (Å²) in [6.45, 7) is 12.5. The second-order valence-corrected chi connectivity index (χ2v) is 7.40. The van der Waals surface area contributed by atoms with Crippen molar-refractivity contribution < 1.29 is 4.79 Å². The Morgan fingerprint density at radius 1 is 1.35 bits per heavy atom. The van der Waals surface area contributed by atoms with Crippen LogP contribution < -0.4 is 0 Å². The van der Waals surface area contributed by atoms with Crippen LogP contribution >= 0.6 is 11.6 Å². The molecule has 0 atom stereocenters. The molecule has 1 amide bonds. The van der Waals surface area contributed by atoms with Gasteiger partial charge < -0.3 is 4.90 Å². The van der Waals surface area contributed by atoms with Crippen molar-refractivity contribution in [2.75, 3.05) is 6.54 Å². The number of benzene rings is 1. The fraction of sp³-hybridized carbons (Fsp3) is 0.429. The van der Waals surface area contributed by atoms with Crippen molar-refractivity contribution >= 4 is 23.6 Å². The van der Waals surface area contributed by atoms with E-state index in [9.17, 15) is 4.79 Å². The van der Waals surface area contributed by atoms with Crippen molar-refractivity contribution in [2.45, 2.75) is 47.7 Å². The van der Waals surface area contributed by atoms with Gasteiger partial charge >= 0.3 is 0 Å². The van der Waals surface area contributed by atoms with E-state index in [4.69, 9.17) is 11.6 Å². The number of amides is 1. The number of hydrogen-bond acceptors (Lipinski definition) is 2. The number of hydrogen-bond donors (Lipinski definition) is 0. The molecule has 0 saturated carbocycles. The summed E-state index contributed by atoms with van der Waals surface area (Å²) in [5, 5.41) is 5.23. The first-order chi connectivity index (χ1) is 12.3. The van der Waals surface area contributed by atoms with E-state index in [0.717, 1.165) is 29.1 Å². The summed E-state index contributed by atoms with van der Waals surface area (Å²) in [6, 6.07) is 7.48. The van der Waals surface area contributed by atoms with Gasteiger partial charge in [-0.25, -0.2) is 0 Å². The molecule has 0 aliphatic rings. The molecule has 1 aromatic heterocycles. The van der Waals surface area contributed by atoms with Gasteiger partial charge in [-0.15, -0.1) is 0 Å². The van der Waals surface area contributed by atoms with Crippen LogP contribution in [-0.2, 0) is 17.9 Å². The molecule has 0 unspecified atom stereocenters. The Balaban J connectivity index is 2.21. The summed E-state index contributed by atoms with van der Waals surface area (Å²) < 4.78 is 1.99. The first-order valence-corrected chi connectivity index (χ1v) is 9.45. The fourth-order valence-electron chi connectivity index (χ4n) is 3.02. The fourth-order valence-corrected chi connectivity index (χ4v) is 3.22. The molecule has 1 aromatic carbocycles. The van der Waals surface area contributed by atoms with E-state index in [-0.39, 0.29) is 5.91 Å². The average Bonchev–Trinajstić information content (AvgIpc) is 2.86. The number of aromatic nitrogens is 2. The molecule has 2 rings (SSSR count). The lowest BCUT2D eigenvalue weighted by atomic mass is 10.1. The third kappa shape index (κ3) is 5.21. The number of halogens is 1. The van der Waals surface area contributed by atoms with E-state index in [0.29, 0.717) is 24.0 Å². The summed E-state index contributed by atoms with van der Waals surface area (Å²) in [4.78, 5) is 14.7. The van der Waals surface area contributed by atoms with E-state index in [1.54, 1.807) is 6.08 Å². The maximum absolute atomic E-state index is 12.8. The van der Waals surface area contributed by atoms with Crippen molar-refractivity contribution in [1.82, 2.24) is 14.7 Å². The Hall–Kier alpha value is -2.07. The Labute approximate surface area is 161 Å². The summed E-state index contributed by atoms with van der Waals surface area (Å²) in [6.07, 6.45) is 3.44. The quantitative estimate of drug-likeness (QED) is 0.649. The highest BCUT2D eigenvalue weighted by molar-refractivity contribution is 6.30. The van der Waals surface area contributed by atoms with Crippen molar-refractivity contribution in [3.05, 3.63) is 57.9 Å². The molecule has 4 nitrogen and oxygen atoms in total. The highest BCUT2D eigenvalue weighted by atomic mass is 35.5. The normalized spacial score (nSPS) is 11.5. The van der Waals surface area contributed by atoms with Gasteiger partial charge in [-0.3, -0.25) is 9.48 Å². The topological polar surface area (TPSA) is 38.1 Å². The number of carbonyl (C=O) groups is 1. The predicted molar refractivity (Wildman–Crippen MR) is 108 cm³/mol. The molecule has 0 aliphatic heterocycles. The summed E-state index contributed by atoms with van der Waals surface area (Å²) in [7, 11) is 0. The van der Waals surface area contributed by atoms with Gasteiger partial charge in [-0.2, -0.15) is 5.10 Å². The average molecular weight is 374 g/mol. The third-order valence-corrected chi connectivity index (χ3v) is 4.58. The van der Waals surface area contributed by atoms with Crippen molar-refractivity contribution in [1.29, 1.82) is 0 Å². The van der Waals surface area contributed by atoms with Crippen LogP contribution in [0, 0.1) is 19.8 Å². The minimum atomic E-state index is 0.00160. The van der Waals surface area contributed by atoms with Crippen LogP contribution in [0.4, 0.5) is 0 Å². The van der Waals surface area contributed by atoms with Gasteiger partial charge in [-0.1, -0.05) is 37.6 Å². The molecule has 0 radical (unpaired) electrons. The van der Waals surface area contributed by atoms with Gasteiger partial charge in [0, 0.05) is 42.0 Å². The first kappa shape index (κ1) is 20.2. The van der Waals surface area contributed by atoms with Crippen molar-refractivity contribution in [3.63, 3.8) is 0 Å². The number of carbonyl (C=O) groups excluding carboxylic acids is 1. The Bertz CT molecular complexity index is 793. The summed E-state index contributed by atoms with van der Waals surface area (Å²) >= 11 is 6.01. The molecule has 26 heavy (non-hydrogen) atoms. The number of rotatable bonds is 7. The standard InChI is InChI=1S/C21H28ClN3O/c1-6-25-17(5)20(16(4)23-25)14-24(13-15(2)3)21(26)11-10-18-8-7-9-19(22)12-18/h7-12,15H,6,13-14H2,1-5H3. The molecular formula is C21H28ClN3O. The van der Waals surface area contributed by atoms with Crippen LogP contribution in [0.3, 0.4) is 0 Å². The molecule has 0 N–H and O–H groups in total. The highest BCUT2D eigenvalue weighted by Gasteiger charge is 2.18. The van der Waals surface area contributed by atoms with E-state index in [1.807, 2.05) is 46.8 Å². The Morgan fingerprint density at radius 2 is 2.08 bits per heavy atom. The zero-order valence-electron chi connectivity index (χ0n) is 16.3. The molecule has 0 aliphatic carbocycles. The maximum atomic E-state index is 12.8. The Morgan fingerprint density at radius 3 is 2.65 bits per heavy atom. The molecule has 0 bridgehead atoms. The van der Waals surface area contributed by atoms with E-state index in [1.165, 1.54) is 0 Å². The Kier molecular flexibility index (Phi) is 7.04. The van der Waals surface area contributed by atoms with Crippen LogP contribution in [0.1, 0.15) is 43.3 Å². The van der Waals surface area contributed by atoms with Gasteiger partial charge in [0.1, 0.15) is 0 Å². The maximum Gasteiger partial charge on any atom is 0.246 e. The molecule has 5 heteroatoms. The largest absolute Gasteiger partial charge is 0.334 e. The minimum Gasteiger partial charge on any atom is -0.334 e. The van der Waals surface area contributed by atoms with Crippen molar-refractivity contribution in [3.8, 4) is 0 Å². The van der Waals surface area contributed by atoms with E-state index < -0.39 is 0 Å². The molecule has 0 saturated heterocycles. The smallest absolute Gasteiger partial charge is 0.246 e. The van der Waals surface area contributed by atoms with Gasteiger partial charge in [0.2, 0.25) is 5.91 Å². The van der Waals surface area contributed by atoms with Gasteiger partial charge in [0.15, 0.2) is 0 Å². The first-order valence-electron chi connectivity index (χ1n) is 9.07. The molecule has 0 fully saturated rings. The lowest BCUT2D eigenvalue weighted by molar-refractivity contribution is -0.127. The number of aryl methyl sites for hydroxylation is 2. The number of nitrogens with zero attached hydrogens (tertiary/aromatic N) is 3. The summed E-state index contributed by atoms with van der Waals surface area (Å²) in [5.74, 6) is 0.391. The molecular weight excluding hydrogens is 346 g/mol. The molecule has 0 spiro atoms. The second-order valence-electron chi connectivity index (χ2n) is 6.97. The van der Waals surface area contributed by atoms with Gasteiger partial charge in [0.05, 0.1) is 5.69 Å². The van der Waals surface area contributed by atoms with Crippen LogP contribution in [0.2, 0.25) is 5.02 Å². The third-order valence-electron chi connectivity index (χ3n) is 4.34. The van der Waals surface area contributed by atoms with Crippen LogP contribution in [0.15, 0.2) is 30.3 Å². The lowest BCUT2D eigenvalue weighted by Crippen LogP contribution is -2.32.